The van der Waals surface area contributed by atoms with Crippen molar-refractivity contribution in [1.82, 2.24) is 15.5 Å². The van der Waals surface area contributed by atoms with Crippen molar-refractivity contribution in [2.75, 3.05) is 19.6 Å². The van der Waals surface area contributed by atoms with Crippen LogP contribution in [0.1, 0.15) is 39.5 Å². The second kappa shape index (κ2) is 5.83. The highest BCUT2D eigenvalue weighted by atomic mass is 16.1. The fraction of sp³-hybridized carbons (Fsp3) is 0.923. The minimum atomic E-state index is 0.195. The van der Waals surface area contributed by atoms with Gasteiger partial charge in [-0.25, -0.2) is 0 Å². The zero-order valence-corrected chi connectivity index (χ0v) is 11.0. The molecule has 1 heterocycles. The summed E-state index contributed by atoms with van der Waals surface area (Å²) in [5, 5.41) is 6.43. The van der Waals surface area contributed by atoms with Gasteiger partial charge in [0.1, 0.15) is 0 Å². The lowest BCUT2D eigenvalue weighted by Gasteiger charge is -2.17. The van der Waals surface area contributed by atoms with E-state index < -0.39 is 0 Å². The standard InChI is InChI=1S/C13H25N3O/c1-3-14-10(2)8-13(17)15-11-6-7-16(9-11)12-4-5-12/h10-12,14H,3-9H2,1-2H3,(H,15,17). The van der Waals surface area contributed by atoms with E-state index in [0.29, 0.717) is 12.5 Å². The van der Waals surface area contributed by atoms with E-state index in [1.54, 1.807) is 0 Å². The summed E-state index contributed by atoms with van der Waals surface area (Å²) in [6.45, 7) is 7.28. The second-order valence-corrected chi connectivity index (χ2v) is 5.44. The van der Waals surface area contributed by atoms with Gasteiger partial charge in [-0.2, -0.15) is 0 Å². The van der Waals surface area contributed by atoms with Crippen LogP contribution in [0.5, 0.6) is 0 Å². The van der Waals surface area contributed by atoms with Gasteiger partial charge in [0.2, 0.25) is 5.91 Å². The Hall–Kier alpha value is -0.610. The Morgan fingerprint density at radius 1 is 1.41 bits per heavy atom. The highest BCUT2D eigenvalue weighted by molar-refractivity contribution is 5.76. The van der Waals surface area contributed by atoms with E-state index in [-0.39, 0.29) is 11.9 Å². The molecule has 0 radical (unpaired) electrons. The van der Waals surface area contributed by atoms with E-state index >= 15 is 0 Å². The Morgan fingerprint density at radius 3 is 2.82 bits per heavy atom. The zero-order valence-electron chi connectivity index (χ0n) is 11.0. The van der Waals surface area contributed by atoms with Crippen molar-refractivity contribution in [3.8, 4) is 0 Å². The molecule has 1 saturated carbocycles. The molecule has 1 aliphatic carbocycles. The summed E-state index contributed by atoms with van der Waals surface area (Å²) in [5.41, 5.74) is 0. The molecule has 98 valence electrons. The van der Waals surface area contributed by atoms with Gasteiger partial charge in [-0.05, 0) is 32.7 Å². The lowest BCUT2D eigenvalue weighted by molar-refractivity contribution is -0.122. The quantitative estimate of drug-likeness (QED) is 0.718. The second-order valence-electron chi connectivity index (χ2n) is 5.44. The molecule has 2 N–H and O–H groups in total. The molecule has 0 aromatic rings. The number of hydrogen-bond acceptors (Lipinski definition) is 3. The molecule has 0 aromatic carbocycles. The third-order valence-corrected chi connectivity index (χ3v) is 3.69. The van der Waals surface area contributed by atoms with E-state index in [1.165, 1.54) is 19.4 Å². The normalized spacial score (nSPS) is 27.1. The number of carbonyl (C=O) groups is 1. The van der Waals surface area contributed by atoms with Crippen molar-refractivity contribution in [3.05, 3.63) is 0 Å². The summed E-state index contributed by atoms with van der Waals surface area (Å²) in [6, 6.07) is 1.50. The van der Waals surface area contributed by atoms with E-state index in [9.17, 15) is 4.79 Å². The van der Waals surface area contributed by atoms with Gasteiger partial charge in [0, 0.05) is 37.6 Å². The molecule has 1 saturated heterocycles. The summed E-state index contributed by atoms with van der Waals surface area (Å²) in [5.74, 6) is 0.195. The summed E-state index contributed by atoms with van der Waals surface area (Å²) in [4.78, 5) is 14.3. The molecule has 0 spiro atoms. The van der Waals surface area contributed by atoms with Crippen molar-refractivity contribution in [2.24, 2.45) is 0 Å². The lowest BCUT2D eigenvalue weighted by Crippen LogP contribution is -2.40. The van der Waals surface area contributed by atoms with Crippen LogP contribution in [-0.4, -0.2) is 48.6 Å². The van der Waals surface area contributed by atoms with E-state index in [4.69, 9.17) is 0 Å². The maximum atomic E-state index is 11.8. The molecular weight excluding hydrogens is 214 g/mol. The average molecular weight is 239 g/mol. The summed E-state index contributed by atoms with van der Waals surface area (Å²) < 4.78 is 0. The number of amides is 1. The summed E-state index contributed by atoms with van der Waals surface area (Å²) >= 11 is 0. The van der Waals surface area contributed by atoms with Gasteiger partial charge < -0.3 is 10.6 Å². The monoisotopic (exact) mass is 239 g/mol. The molecule has 4 heteroatoms. The van der Waals surface area contributed by atoms with Gasteiger partial charge in [0.15, 0.2) is 0 Å². The van der Waals surface area contributed by atoms with Crippen molar-refractivity contribution >= 4 is 5.91 Å². The SMILES string of the molecule is CCNC(C)CC(=O)NC1CCN(C2CC2)C1. The molecule has 17 heavy (non-hydrogen) atoms. The van der Waals surface area contributed by atoms with Crippen LogP contribution >= 0.6 is 0 Å². The van der Waals surface area contributed by atoms with Crippen LogP contribution in [0.3, 0.4) is 0 Å². The molecule has 2 atom stereocenters. The van der Waals surface area contributed by atoms with Gasteiger partial charge >= 0.3 is 0 Å². The van der Waals surface area contributed by atoms with Crippen LogP contribution in [0.4, 0.5) is 0 Å². The van der Waals surface area contributed by atoms with Crippen molar-refractivity contribution in [1.29, 1.82) is 0 Å². The first-order valence-electron chi connectivity index (χ1n) is 6.95. The zero-order chi connectivity index (χ0) is 12.3. The Kier molecular flexibility index (Phi) is 4.40. The highest BCUT2D eigenvalue weighted by Gasteiger charge is 2.34. The first kappa shape index (κ1) is 12.8. The Labute approximate surface area is 104 Å². The number of rotatable bonds is 6. The Balaban J connectivity index is 1.65. The minimum absolute atomic E-state index is 0.195. The maximum absolute atomic E-state index is 11.8. The van der Waals surface area contributed by atoms with Crippen LogP contribution in [-0.2, 0) is 4.79 Å². The third kappa shape index (κ3) is 3.96. The van der Waals surface area contributed by atoms with Crippen LogP contribution in [0.2, 0.25) is 0 Å². The third-order valence-electron chi connectivity index (χ3n) is 3.69. The number of likely N-dealkylation sites (tertiary alicyclic amines) is 1. The molecule has 0 bridgehead atoms. The van der Waals surface area contributed by atoms with E-state index in [1.807, 2.05) is 0 Å². The first-order chi connectivity index (χ1) is 8.19. The number of carbonyl (C=O) groups excluding carboxylic acids is 1. The predicted molar refractivity (Wildman–Crippen MR) is 68.9 cm³/mol. The first-order valence-corrected chi connectivity index (χ1v) is 6.95. The van der Waals surface area contributed by atoms with Crippen molar-refractivity contribution < 1.29 is 4.79 Å². The predicted octanol–water partition coefficient (Wildman–Crippen LogP) is 0.727. The molecule has 2 aliphatic rings. The molecule has 4 nitrogen and oxygen atoms in total. The van der Waals surface area contributed by atoms with E-state index in [2.05, 4.69) is 29.4 Å². The molecule has 1 aliphatic heterocycles. The van der Waals surface area contributed by atoms with Gasteiger partial charge in [0.05, 0.1) is 0 Å². The van der Waals surface area contributed by atoms with Crippen molar-refractivity contribution in [3.63, 3.8) is 0 Å². The molecule has 1 amide bonds. The Bertz CT molecular complexity index is 265. The topological polar surface area (TPSA) is 44.4 Å². The van der Waals surface area contributed by atoms with Gasteiger partial charge in [0.25, 0.3) is 0 Å². The largest absolute Gasteiger partial charge is 0.352 e. The summed E-state index contributed by atoms with van der Waals surface area (Å²) in [6.07, 6.45) is 4.43. The van der Waals surface area contributed by atoms with Crippen LogP contribution in [0.15, 0.2) is 0 Å². The number of nitrogens with one attached hydrogen (secondary N) is 2. The molecular formula is C13H25N3O. The number of nitrogens with zero attached hydrogens (tertiary/aromatic N) is 1. The number of hydrogen-bond donors (Lipinski definition) is 2. The average Bonchev–Trinajstić information content (AvgIpc) is 3.01. The van der Waals surface area contributed by atoms with Crippen LogP contribution in [0.25, 0.3) is 0 Å². The Morgan fingerprint density at radius 2 is 2.18 bits per heavy atom. The highest BCUT2D eigenvalue weighted by Crippen LogP contribution is 2.29. The fourth-order valence-electron chi connectivity index (χ4n) is 2.66. The minimum Gasteiger partial charge on any atom is -0.352 e. The molecule has 2 fully saturated rings. The van der Waals surface area contributed by atoms with Gasteiger partial charge in [-0.15, -0.1) is 0 Å². The van der Waals surface area contributed by atoms with Gasteiger partial charge in [-0.3, -0.25) is 9.69 Å². The van der Waals surface area contributed by atoms with Crippen LogP contribution < -0.4 is 10.6 Å². The summed E-state index contributed by atoms with van der Waals surface area (Å²) in [7, 11) is 0. The molecule has 2 rings (SSSR count). The van der Waals surface area contributed by atoms with Gasteiger partial charge in [-0.1, -0.05) is 6.92 Å². The maximum Gasteiger partial charge on any atom is 0.221 e. The smallest absolute Gasteiger partial charge is 0.221 e. The van der Waals surface area contributed by atoms with E-state index in [0.717, 1.165) is 25.6 Å². The van der Waals surface area contributed by atoms with Crippen LogP contribution in [0, 0.1) is 0 Å². The fourth-order valence-corrected chi connectivity index (χ4v) is 2.66. The molecule has 2 unspecified atom stereocenters. The van der Waals surface area contributed by atoms with Crippen molar-refractivity contribution in [2.45, 2.75) is 57.7 Å². The molecule has 0 aromatic heterocycles. The lowest BCUT2D eigenvalue weighted by atomic mass is 10.2.